The molecule has 19 heavy (non-hydrogen) atoms. The predicted molar refractivity (Wildman–Crippen MR) is 81.3 cm³/mol. The van der Waals surface area contributed by atoms with Crippen LogP contribution in [0.3, 0.4) is 0 Å². The van der Waals surface area contributed by atoms with Gasteiger partial charge in [0.05, 0.1) is 6.10 Å². The van der Waals surface area contributed by atoms with Gasteiger partial charge < -0.3 is 10.0 Å². The summed E-state index contributed by atoms with van der Waals surface area (Å²) in [6, 6.07) is 14.4. The lowest BCUT2D eigenvalue weighted by Gasteiger charge is -2.21. The Bertz CT molecular complexity index is 514. The minimum Gasteiger partial charge on any atom is -0.388 e. The van der Waals surface area contributed by atoms with E-state index in [0.717, 1.165) is 37.0 Å². The van der Waals surface area contributed by atoms with Crippen LogP contribution >= 0.6 is 0 Å². The number of aliphatic hydroxyl groups is 1. The van der Waals surface area contributed by atoms with Crippen LogP contribution in [0.5, 0.6) is 0 Å². The van der Waals surface area contributed by atoms with Gasteiger partial charge in [0, 0.05) is 6.54 Å². The molecule has 102 valence electrons. The second-order valence-corrected chi connectivity index (χ2v) is 4.90. The maximum Gasteiger partial charge on any atom is 0.0808 e. The van der Waals surface area contributed by atoms with E-state index in [2.05, 4.69) is 36.9 Å². The third-order valence-electron chi connectivity index (χ3n) is 3.80. The Morgan fingerprint density at radius 3 is 2.42 bits per heavy atom. The van der Waals surface area contributed by atoms with Gasteiger partial charge in [0.1, 0.15) is 0 Å². The highest BCUT2D eigenvalue weighted by Gasteiger charge is 2.12. The molecular weight excluding hydrogens is 234 g/mol. The van der Waals surface area contributed by atoms with Gasteiger partial charge in [-0.3, -0.25) is 0 Å². The van der Waals surface area contributed by atoms with Gasteiger partial charge in [0.2, 0.25) is 0 Å². The molecule has 0 aliphatic carbocycles. The fraction of sp³-hybridized carbons (Fsp3) is 0.412. The molecule has 2 aromatic rings. The smallest absolute Gasteiger partial charge is 0.0808 e. The van der Waals surface area contributed by atoms with E-state index in [-0.39, 0.29) is 6.10 Å². The Labute approximate surface area is 115 Å². The van der Waals surface area contributed by atoms with Crippen LogP contribution in [0.25, 0.3) is 10.8 Å². The molecule has 0 amide bonds. The van der Waals surface area contributed by atoms with Crippen molar-refractivity contribution in [3.8, 4) is 0 Å². The predicted octanol–water partition coefficient (Wildman–Crippen LogP) is 3.61. The molecule has 2 heteroatoms. The Kier molecular flexibility index (Phi) is 4.94. The Morgan fingerprint density at radius 1 is 1.00 bits per heavy atom. The highest BCUT2D eigenvalue weighted by molar-refractivity contribution is 5.85. The summed E-state index contributed by atoms with van der Waals surface area (Å²) >= 11 is 0. The van der Waals surface area contributed by atoms with Crippen LogP contribution in [0.1, 0.15) is 31.9 Å². The molecule has 0 aliphatic rings. The van der Waals surface area contributed by atoms with Gasteiger partial charge in [-0.05, 0) is 35.8 Å². The van der Waals surface area contributed by atoms with Crippen LogP contribution < -0.4 is 0 Å². The van der Waals surface area contributed by atoms with E-state index in [1.807, 2.05) is 24.3 Å². The van der Waals surface area contributed by atoms with Crippen molar-refractivity contribution in [3.63, 3.8) is 0 Å². The van der Waals surface area contributed by atoms with Crippen LogP contribution in [-0.4, -0.2) is 29.6 Å². The maximum atomic E-state index is 10.4. The van der Waals surface area contributed by atoms with Gasteiger partial charge in [-0.25, -0.2) is 0 Å². The normalized spacial score (nSPS) is 13.1. The molecular formula is C17H23NO. The first-order chi connectivity index (χ1) is 9.26. The Balaban J connectivity index is 2.15. The van der Waals surface area contributed by atoms with Crippen molar-refractivity contribution in [1.82, 2.24) is 4.90 Å². The van der Waals surface area contributed by atoms with Crippen LogP contribution in [0, 0.1) is 0 Å². The molecule has 0 bridgehead atoms. The molecule has 0 aliphatic heterocycles. The third kappa shape index (κ3) is 3.34. The van der Waals surface area contributed by atoms with Crippen molar-refractivity contribution < 1.29 is 5.11 Å². The van der Waals surface area contributed by atoms with E-state index in [4.69, 9.17) is 0 Å². The van der Waals surface area contributed by atoms with Gasteiger partial charge in [0.25, 0.3) is 0 Å². The van der Waals surface area contributed by atoms with E-state index in [9.17, 15) is 5.11 Å². The zero-order valence-corrected chi connectivity index (χ0v) is 11.8. The number of benzene rings is 2. The fourth-order valence-electron chi connectivity index (χ4n) is 2.54. The van der Waals surface area contributed by atoms with Crippen molar-refractivity contribution in [2.24, 2.45) is 0 Å². The molecule has 2 rings (SSSR count). The highest BCUT2D eigenvalue weighted by atomic mass is 16.3. The van der Waals surface area contributed by atoms with E-state index in [1.54, 1.807) is 0 Å². The fourth-order valence-corrected chi connectivity index (χ4v) is 2.54. The first kappa shape index (κ1) is 14.0. The molecule has 1 N–H and O–H groups in total. The maximum absolute atomic E-state index is 10.4. The lowest BCUT2D eigenvalue weighted by molar-refractivity contribution is 0.146. The summed E-state index contributed by atoms with van der Waals surface area (Å²) in [6.07, 6.45) is 0.405. The van der Waals surface area contributed by atoms with Crippen LogP contribution in [0.2, 0.25) is 0 Å². The highest BCUT2D eigenvalue weighted by Crippen LogP contribution is 2.26. The topological polar surface area (TPSA) is 23.5 Å². The summed E-state index contributed by atoms with van der Waals surface area (Å²) in [6.45, 7) is 7.34. The minimum atomic E-state index is -0.383. The Morgan fingerprint density at radius 2 is 1.68 bits per heavy atom. The summed E-state index contributed by atoms with van der Waals surface area (Å²) < 4.78 is 0. The average molecular weight is 257 g/mol. The molecule has 0 heterocycles. The summed E-state index contributed by atoms with van der Waals surface area (Å²) in [4.78, 5) is 2.34. The van der Waals surface area contributed by atoms with Crippen molar-refractivity contribution in [2.45, 2.75) is 26.4 Å². The number of hydrogen-bond acceptors (Lipinski definition) is 2. The molecule has 0 aromatic heterocycles. The summed E-state index contributed by atoms with van der Waals surface area (Å²) in [5, 5.41) is 12.8. The SMILES string of the molecule is CCN(CC)CC[C@@H](O)c1cccc2ccccc12. The van der Waals surface area contributed by atoms with Gasteiger partial charge in [-0.2, -0.15) is 0 Å². The number of fused-ring (bicyclic) bond motifs is 1. The summed E-state index contributed by atoms with van der Waals surface area (Å²) in [7, 11) is 0. The molecule has 0 unspecified atom stereocenters. The van der Waals surface area contributed by atoms with E-state index < -0.39 is 0 Å². The van der Waals surface area contributed by atoms with Gasteiger partial charge in [0.15, 0.2) is 0 Å². The van der Waals surface area contributed by atoms with E-state index in [1.165, 1.54) is 5.39 Å². The van der Waals surface area contributed by atoms with Crippen molar-refractivity contribution >= 4 is 10.8 Å². The van der Waals surface area contributed by atoms with E-state index >= 15 is 0 Å². The molecule has 0 saturated carbocycles. The molecule has 0 radical (unpaired) electrons. The van der Waals surface area contributed by atoms with Crippen LogP contribution in [0.15, 0.2) is 42.5 Å². The lowest BCUT2D eigenvalue weighted by Crippen LogP contribution is -2.25. The molecule has 0 fully saturated rings. The molecule has 2 aromatic carbocycles. The second-order valence-electron chi connectivity index (χ2n) is 4.90. The monoisotopic (exact) mass is 257 g/mol. The van der Waals surface area contributed by atoms with Crippen molar-refractivity contribution in [2.75, 3.05) is 19.6 Å². The van der Waals surface area contributed by atoms with E-state index in [0.29, 0.717) is 0 Å². The van der Waals surface area contributed by atoms with Crippen LogP contribution in [0.4, 0.5) is 0 Å². The number of nitrogens with zero attached hydrogens (tertiary/aromatic N) is 1. The van der Waals surface area contributed by atoms with Gasteiger partial charge in [-0.15, -0.1) is 0 Å². The third-order valence-corrected chi connectivity index (χ3v) is 3.80. The molecule has 0 spiro atoms. The van der Waals surface area contributed by atoms with Gasteiger partial charge in [-0.1, -0.05) is 56.3 Å². The zero-order chi connectivity index (χ0) is 13.7. The van der Waals surface area contributed by atoms with Gasteiger partial charge >= 0.3 is 0 Å². The number of rotatable bonds is 6. The Hall–Kier alpha value is -1.38. The van der Waals surface area contributed by atoms with Crippen molar-refractivity contribution in [3.05, 3.63) is 48.0 Å². The lowest BCUT2D eigenvalue weighted by atomic mass is 9.98. The second kappa shape index (κ2) is 6.69. The number of hydrogen-bond donors (Lipinski definition) is 1. The molecule has 0 saturated heterocycles. The number of aliphatic hydroxyl groups excluding tert-OH is 1. The first-order valence-electron chi connectivity index (χ1n) is 7.14. The molecule has 2 nitrogen and oxygen atoms in total. The zero-order valence-electron chi connectivity index (χ0n) is 11.8. The largest absolute Gasteiger partial charge is 0.388 e. The quantitative estimate of drug-likeness (QED) is 0.854. The standard InChI is InChI=1S/C17H23NO/c1-3-18(4-2)13-12-17(19)16-11-7-9-14-8-5-6-10-15(14)16/h5-11,17,19H,3-4,12-13H2,1-2H3/t17-/m1/s1. The summed E-state index contributed by atoms with van der Waals surface area (Å²) in [5.41, 5.74) is 1.05. The molecule has 1 atom stereocenters. The summed E-state index contributed by atoms with van der Waals surface area (Å²) in [5.74, 6) is 0. The average Bonchev–Trinajstić information content (AvgIpc) is 2.47. The first-order valence-corrected chi connectivity index (χ1v) is 7.14. The van der Waals surface area contributed by atoms with Crippen molar-refractivity contribution in [1.29, 1.82) is 0 Å². The van der Waals surface area contributed by atoms with Crippen LogP contribution in [-0.2, 0) is 0 Å². The minimum absolute atomic E-state index is 0.383.